The van der Waals surface area contributed by atoms with Gasteiger partial charge in [0.25, 0.3) is 0 Å². The minimum absolute atomic E-state index is 0.136. The van der Waals surface area contributed by atoms with Crippen LogP contribution in [0.25, 0.3) is 0 Å². The third kappa shape index (κ3) is 6.19. The molecule has 0 heterocycles. The van der Waals surface area contributed by atoms with Crippen LogP contribution in [0.3, 0.4) is 0 Å². The molecule has 0 fully saturated rings. The molecule has 0 unspecified atom stereocenters. The molecule has 0 aliphatic carbocycles. The second-order valence-electron chi connectivity index (χ2n) is 5.93. The zero-order valence-electron chi connectivity index (χ0n) is 14.9. The quantitative estimate of drug-likeness (QED) is 0.602. The summed E-state index contributed by atoms with van der Waals surface area (Å²) in [5.74, 6) is -1.17. The van der Waals surface area contributed by atoms with E-state index in [9.17, 15) is 18.0 Å². The molecule has 0 aliphatic heterocycles. The Morgan fingerprint density at radius 2 is 1.74 bits per heavy atom. The van der Waals surface area contributed by atoms with Crippen molar-refractivity contribution in [2.75, 3.05) is 13.1 Å². The minimum atomic E-state index is -3.50. The fourth-order valence-corrected chi connectivity index (χ4v) is 3.55. The minimum Gasteiger partial charge on any atom is -0.478 e. The number of carboxylic acid groups (broad SMARTS) is 1. The van der Waals surface area contributed by atoms with Crippen molar-refractivity contribution in [1.82, 2.24) is 10.0 Å². The van der Waals surface area contributed by atoms with Gasteiger partial charge in [0.15, 0.2) is 0 Å². The fraction of sp³-hybridized carbons (Fsp3) is 0.263. The molecule has 0 saturated carbocycles. The molecule has 27 heavy (non-hydrogen) atoms. The first-order valence-electron chi connectivity index (χ1n) is 8.49. The predicted molar refractivity (Wildman–Crippen MR) is 101 cm³/mol. The van der Waals surface area contributed by atoms with E-state index in [-0.39, 0.29) is 22.8 Å². The predicted octanol–water partition coefficient (Wildman–Crippen LogP) is 1.58. The van der Waals surface area contributed by atoms with Gasteiger partial charge in [0.05, 0.1) is 16.9 Å². The number of carbonyl (C=O) groups excluding carboxylic acids is 1. The molecule has 1 amide bonds. The van der Waals surface area contributed by atoms with Crippen LogP contribution >= 0.6 is 0 Å². The Balaban J connectivity index is 1.85. The van der Waals surface area contributed by atoms with Crippen LogP contribution in [-0.2, 0) is 27.7 Å². The standard InChI is InChI=1S/C19H22N2O5S/c1-2-21-27(25,26)17-8-6-15(7-9-17)13-18(22)20-11-10-14-4-3-5-16(12-14)19(23)24/h3-9,12,21H,2,10-11,13H2,1H3,(H,20,22)(H,23,24). The highest BCUT2D eigenvalue weighted by Crippen LogP contribution is 2.11. The van der Waals surface area contributed by atoms with Crippen molar-refractivity contribution in [1.29, 1.82) is 0 Å². The maximum atomic E-state index is 12.0. The Labute approximate surface area is 158 Å². The van der Waals surface area contributed by atoms with Crippen LogP contribution in [0.2, 0.25) is 0 Å². The van der Waals surface area contributed by atoms with Gasteiger partial charge < -0.3 is 10.4 Å². The highest BCUT2D eigenvalue weighted by Gasteiger charge is 2.12. The summed E-state index contributed by atoms with van der Waals surface area (Å²) in [5.41, 5.74) is 1.75. The van der Waals surface area contributed by atoms with Crippen LogP contribution in [0.15, 0.2) is 53.4 Å². The summed E-state index contributed by atoms with van der Waals surface area (Å²) in [5, 5.41) is 11.8. The Morgan fingerprint density at radius 3 is 2.37 bits per heavy atom. The summed E-state index contributed by atoms with van der Waals surface area (Å²) in [4.78, 5) is 23.1. The first-order valence-corrected chi connectivity index (χ1v) is 9.97. The number of sulfonamides is 1. The van der Waals surface area contributed by atoms with Crippen LogP contribution in [0.4, 0.5) is 0 Å². The Hall–Kier alpha value is -2.71. The molecule has 0 saturated heterocycles. The molecular weight excluding hydrogens is 368 g/mol. The lowest BCUT2D eigenvalue weighted by Gasteiger charge is -2.08. The van der Waals surface area contributed by atoms with Gasteiger partial charge in [0.2, 0.25) is 15.9 Å². The van der Waals surface area contributed by atoms with Gasteiger partial charge in [-0.25, -0.2) is 17.9 Å². The molecule has 8 heteroatoms. The van der Waals surface area contributed by atoms with Crippen LogP contribution in [0.5, 0.6) is 0 Å². The Bertz CT molecular complexity index is 908. The topological polar surface area (TPSA) is 113 Å². The van der Waals surface area contributed by atoms with Gasteiger partial charge in [-0.3, -0.25) is 4.79 Å². The van der Waals surface area contributed by atoms with Gasteiger partial charge in [-0.1, -0.05) is 31.2 Å². The van der Waals surface area contributed by atoms with Crippen molar-refractivity contribution < 1.29 is 23.1 Å². The van der Waals surface area contributed by atoms with Gasteiger partial charge in [-0.15, -0.1) is 0 Å². The van der Waals surface area contributed by atoms with Gasteiger partial charge in [0, 0.05) is 13.1 Å². The van der Waals surface area contributed by atoms with Crippen molar-refractivity contribution in [3.63, 3.8) is 0 Å². The lowest BCUT2D eigenvalue weighted by Crippen LogP contribution is -2.27. The molecule has 0 atom stereocenters. The molecule has 2 rings (SSSR count). The fourth-order valence-electron chi connectivity index (χ4n) is 2.51. The third-order valence-corrected chi connectivity index (χ3v) is 5.40. The number of nitrogens with one attached hydrogen (secondary N) is 2. The summed E-state index contributed by atoms with van der Waals surface area (Å²) in [6.07, 6.45) is 0.656. The first-order chi connectivity index (χ1) is 12.8. The van der Waals surface area contributed by atoms with Crippen LogP contribution in [0, 0.1) is 0 Å². The van der Waals surface area contributed by atoms with E-state index in [1.807, 2.05) is 6.07 Å². The second kappa shape index (κ2) is 9.29. The number of benzene rings is 2. The lowest BCUT2D eigenvalue weighted by atomic mass is 10.1. The molecule has 0 bridgehead atoms. The third-order valence-electron chi connectivity index (χ3n) is 3.84. The van der Waals surface area contributed by atoms with Gasteiger partial charge in [-0.05, 0) is 41.8 Å². The van der Waals surface area contributed by atoms with Gasteiger partial charge in [0.1, 0.15) is 0 Å². The first kappa shape index (κ1) is 20.6. The zero-order chi connectivity index (χ0) is 19.9. The number of carboxylic acids is 1. The highest BCUT2D eigenvalue weighted by molar-refractivity contribution is 7.89. The molecule has 2 aromatic rings. The average molecular weight is 390 g/mol. The van der Waals surface area contributed by atoms with E-state index < -0.39 is 16.0 Å². The van der Waals surface area contributed by atoms with Crippen molar-refractivity contribution in [3.8, 4) is 0 Å². The summed E-state index contributed by atoms with van der Waals surface area (Å²) in [7, 11) is -3.50. The summed E-state index contributed by atoms with van der Waals surface area (Å²) in [6, 6.07) is 12.7. The number of aromatic carboxylic acids is 1. The number of hydrogen-bond donors (Lipinski definition) is 3. The summed E-state index contributed by atoms with van der Waals surface area (Å²) < 4.78 is 26.2. The van der Waals surface area contributed by atoms with Crippen molar-refractivity contribution in [2.45, 2.75) is 24.7 Å². The van der Waals surface area contributed by atoms with Crippen molar-refractivity contribution >= 4 is 21.9 Å². The van der Waals surface area contributed by atoms with E-state index in [2.05, 4.69) is 10.0 Å². The van der Waals surface area contributed by atoms with E-state index in [1.165, 1.54) is 18.2 Å². The average Bonchev–Trinajstić information content (AvgIpc) is 2.62. The van der Waals surface area contributed by atoms with Crippen molar-refractivity contribution in [3.05, 3.63) is 65.2 Å². The number of hydrogen-bond acceptors (Lipinski definition) is 4. The lowest BCUT2D eigenvalue weighted by molar-refractivity contribution is -0.120. The summed E-state index contributed by atoms with van der Waals surface area (Å²) in [6.45, 7) is 2.39. The summed E-state index contributed by atoms with van der Waals surface area (Å²) >= 11 is 0. The smallest absolute Gasteiger partial charge is 0.335 e. The number of carbonyl (C=O) groups is 2. The Morgan fingerprint density at radius 1 is 1.04 bits per heavy atom. The van der Waals surface area contributed by atoms with E-state index in [1.54, 1.807) is 31.2 Å². The number of rotatable bonds is 9. The van der Waals surface area contributed by atoms with Gasteiger partial charge in [-0.2, -0.15) is 0 Å². The molecule has 0 aliphatic rings. The zero-order valence-corrected chi connectivity index (χ0v) is 15.8. The number of amides is 1. The SMILES string of the molecule is CCNS(=O)(=O)c1ccc(CC(=O)NCCc2cccc(C(=O)O)c2)cc1. The molecule has 0 spiro atoms. The van der Waals surface area contributed by atoms with E-state index in [0.29, 0.717) is 25.1 Å². The molecule has 2 aromatic carbocycles. The van der Waals surface area contributed by atoms with Gasteiger partial charge >= 0.3 is 5.97 Å². The maximum absolute atomic E-state index is 12.0. The van der Waals surface area contributed by atoms with Crippen molar-refractivity contribution in [2.24, 2.45) is 0 Å². The second-order valence-corrected chi connectivity index (χ2v) is 7.69. The van der Waals surface area contributed by atoms with E-state index in [0.717, 1.165) is 5.56 Å². The Kier molecular flexibility index (Phi) is 7.09. The molecule has 7 nitrogen and oxygen atoms in total. The highest BCUT2D eigenvalue weighted by atomic mass is 32.2. The van der Waals surface area contributed by atoms with Crippen LogP contribution in [-0.4, -0.2) is 38.5 Å². The normalized spacial score (nSPS) is 11.1. The molecule has 0 radical (unpaired) electrons. The van der Waals surface area contributed by atoms with Crippen LogP contribution < -0.4 is 10.0 Å². The van der Waals surface area contributed by atoms with E-state index >= 15 is 0 Å². The van der Waals surface area contributed by atoms with Crippen LogP contribution in [0.1, 0.15) is 28.4 Å². The van der Waals surface area contributed by atoms with E-state index in [4.69, 9.17) is 5.11 Å². The molecular formula is C19H22N2O5S. The monoisotopic (exact) mass is 390 g/mol. The molecule has 144 valence electrons. The molecule has 3 N–H and O–H groups in total. The maximum Gasteiger partial charge on any atom is 0.335 e. The molecule has 0 aromatic heterocycles. The largest absolute Gasteiger partial charge is 0.478 e.